The highest BCUT2D eigenvalue weighted by Gasteiger charge is 2.00. The van der Waals surface area contributed by atoms with Crippen molar-refractivity contribution in [3.63, 3.8) is 0 Å². The molecular formula is C10H17NO2. The van der Waals surface area contributed by atoms with Crippen molar-refractivity contribution in [3.05, 3.63) is 24.2 Å². The first-order chi connectivity index (χ1) is 6.33. The Morgan fingerprint density at radius 1 is 1.62 bits per heavy atom. The van der Waals surface area contributed by atoms with Gasteiger partial charge >= 0.3 is 0 Å². The molecule has 13 heavy (non-hydrogen) atoms. The Bertz CT molecular complexity index is 209. The van der Waals surface area contributed by atoms with Crippen LogP contribution >= 0.6 is 0 Å². The Labute approximate surface area is 79.1 Å². The molecule has 3 heteroatoms. The van der Waals surface area contributed by atoms with Crippen LogP contribution < -0.4 is 5.32 Å². The van der Waals surface area contributed by atoms with Crippen molar-refractivity contribution in [2.24, 2.45) is 5.92 Å². The van der Waals surface area contributed by atoms with Gasteiger partial charge in [-0.2, -0.15) is 0 Å². The van der Waals surface area contributed by atoms with Crippen LogP contribution in [-0.4, -0.2) is 20.3 Å². The molecule has 0 spiro atoms. The molecule has 0 aliphatic carbocycles. The van der Waals surface area contributed by atoms with E-state index in [2.05, 4.69) is 12.2 Å². The van der Waals surface area contributed by atoms with Crippen LogP contribution in [0.4, 0.5) is 0 Å². The minimum Gasteiger partial charge on any atom is -0.472 e. The molecule has 1 aromatic heterocycles. The molecule has 0 saturated carbocycles. The maximum atomic E-state index is 5.03. The van der Waals surface area contributed by atoms with Crippen LogP contribution in [0.5, 0.6) is 0 Å². The first-order valence-corrected chi connectivity index (χ1v) is 4.53. The Balaban J connectivity index is 2.07. The molecule has 1 aromatic rings. The van der Waals surface area contributed by atoms with Crippen molar-refractivity contribution in [2.75, 3.05) is 20.3 Å². The average molecular weight is 183 g/mol. The summed E-state index contributed by atoms with van der Waals surface area (Å²) in [5.74, 6) is 0.553. The largest absolute Gasteiger partial charge is 0.472 e. The van der Waals surface area contributed by atoms with Gasteiger partial charge in [0.1, 0.15) is 0 Å². The molecular weight excluding hydrogens is 166 g/mol. The number of rotatable bonds is 6. The molecule has 1 atom stereocenters. The van der Waals surface area contributed by atoms with Gasteiger partial charge in [0.2, 0.25) is 0 Å². The van der Waals surface area contributed by atoms with E-state index in [4.69, 9.17) is 9.15 Å². The zero-order valence-corrected chi connectivity index (χ0v) is 8.25. The van der Waals surface area contributed by atoms with Crippen LogP contribution in [0, 0.1) is 5.92 Å². The summed E-state index contributed by atoms with van der Waals surface area (Å²) in [6, 6.07) is 1.97. The average Bonchev–Trinajstić information content (AvgIpc) is 2.57. The normalized spacial score (nSPS) is 13.1. The van der Waals surface area contributed by atoms with Gasteiger partial charge in [-0.05, 0) is 12.0 Å². The van der Waals surface area contributed by atoms with E-state index in [-0.39, 0.29) is 0 Å². The van der Waals surface area contributed by atoms with E-state index in [9.17, 15) is 0 Å². The lowest BCUT2D eigenvalue weighted by atomic mass is 10.2. The van der Waals surface area contributed by atoms with Gasteiger partial charge in [0.15, 0.2) is 0 Å². The summed E-state index contributed by atoms with van der Waals surface area (Å²) in [6.45, 7) is 4.80. The van der Waals surface area contributed by atoms with Gasteiger partial charge in [-0.25, -0.2) is 0 Å². The maximum absolute atomic E-state index is 5.03. The highest BCUT2D eigenvalue weighted by Crippen LogP contribution is 1.99. The lowest BCUT2D eigenvalue weighted by Gasteiger charge is -2.10. The number of ether oxygens (including phenoxy) is 1. The second kappa shape index (κ2) is 5.78. The summed E-state index contributed by atoms with van der Waals surface area (Å²) in [4.78, 5) is 0. The SMILES string of the molecule is COCC(C)CNCc1ccoc1. The number of hydrogen-bond donors (Lipinski definition) is 1. The van der Waals surface area contributed by atoms with Crippen LogP contribution in [0.1, 0.15) is 12.5 Å². The van der Waals surface area contributed by atoms with E-state index in [0.29, 0.717) is 5.92 Å². The number of furan rings is 1. The predicted molar refractivity (Wildman–Crippen MR) is 51.5 cm³/mol. The molecule has 0 aromatic carbocycles. The highest BCUT2D eigenvalue weighted by atomic mass is 16.5. The monoisotopic (exact) mass is 183 g/mol. The van der Waals surface area contributed by atoms with Crippen LogP contribution in [-0.2, 0) is 11.3 Å². The van der Waals surface area contributed by atoms with E-state index < -0.39 is 0 Å². The van der Waals surface area contributed by atoms with Crippen molar-refractivity contribution < 1.29 is 9.15 Å². The quantitative estimate of drug-likeness (QED) is 0.728. The molecule has 1 N–H and O–H groups in total. The van der Waals surface area contributed by atoms with Crippen LogP contribution in [0.3, 0.4) is 0 Å². The summed E-state index contributed by atoms with van der Waals surface area (Å²) >= 11 is 0. The third-order valence-corrected chi connectivity index (χ3v) is 1.85. The predicted octanol–water partition coefficient (Wildman–Crippen LogP) is 1.65. The molecule has 0 aliphatic heterocycles. The lowest BCUT2D eigenvalue weighted by molar-refractivity contribution is 0.158. The van der Waals surface area contributed by atoms with E-state index in [1.54, 1.807) is 19.6 Å². The number of hydrogen-bond acceptors (Lipinski definition) is 3. The van der Waals surface area contributed by atoms with Gasteiger partial charge in [-0.3, -0.25) is 0 Å². The fraction of sp³-hybridized carbons (Fsp3) is 0.600. The second-order valence-corrected chi connectivity index (χ2v) is 3.32. The van der Waals surface area contributed by atoms with Crippen LogP contribution in [0.15, 0.2) is 23.0 Å². The zero-order valence-electron chi connectivity index (χ0n) is 8.25. The lowest BCUT2D eigenvalue weighted by Crippen LogP contribution is -2.23. The molecule has 0 aliphatic rings. The molecule has 74 valence electrons. The molecule has 0 fully saturated rings. The van der Waals surface area contributed by atoms with Crippen molar-refractivity contribution in [1.29, 1.82) is 0 Å². The van der Waals surface area contributed by atoms with E-state index in [1.165, 1.54) is 5.56 Å². The minimum absolute atomic E-state index is 0.553. The van der Waals surface area contributed by atoms with E-state index >= 15 is 0 Å². The summed E-state index contributed by atoms with van der Waals surface area (Å²) in [5.41, 5.74) is 1.18. The molecule has 0 amide bonds. The Kier molecular flexibility index (Phi) is 4.57. The van der Waals surface area contributed by atoms with Crippen LogP contribution in [0.2, 0.25) is 0 Å². The summed E-state index contributed by atoms with van der Waals surface area (Å²) in [6.07, 6.45) is 3.45. The summed E-state index contributed by atoms with van der Waals surface area (Å²) < 4.78 is 9.99. The molecule has 1 rings (SSSR count). The summed E-state index contributed by atoms with van der Waals surface area (Å²) in [7, 11) is 1.73. The first kappa shape index (κ1) is 10.3. The van der Waals surface area contributed by atoms with Crippen molar-refractivity contribution >= 4 is 0 Å². The minimum atomic E-state index is 0.553. The third-order valence-electron chi connectivity index (χ3n) is 1.85. The van der Waals surface area contributed by atoms with Gasteiger partial charge in [0.25, 0.3) is 0 Å². The van der Waals surface area contributed by atoms with Crippen LogP contribution in [0.25, 0.3) is 0 Å². The maximum Gasteiger partial charge on any atom is 0.0947 e. The van der Waals surface area contributed by atoms with E-state index in [1.807, 2.05) is 6.07 Å². The van der Waals surface area contributed by atoms with Gasteiger partial charge in [-0.1, -0.05) is 6.92 Å². The van der Waals surface area contributed by atoms with Crippen molar-refractivity contribution in [1.82, 2.24) is 5.32 Å². The smallest absolute Gasteiger partial charge is 0.0947 e. The number of nitrogens with one attached hydrogen (secondary N) is 1. The first-order valence-electron chi connectivity index (χ1n) is 4.53. The van der Waals surface area contributed by atoms with E-state index in [0.717, 1.165) is 19.7 Å². The van der Waals surface area contributed by atoms with Gasteiger partial charge in [0.05, 0.1) is 12.5 Å². The Morgan fingerprint density at radius 3 is 3.08 bits per heavy atom. The molecule has 3 nitrogen and oxygen atoms in total. The summed E-state index contributed by atoms with van der Waals surface area (Å²) in [5, 5.41) is 3.33. The van der Waals surface area contributed by atoms with Crippen molar-refractivity contribution in [3.8, 4) is 0 Å². The Hall–Kier alpha value is -0.800. The Morgan fingerprint density at radius 2 is 2.46 bits per heavy atom. The molecule has 0 saturated heterocycles. The topological polar surface area (TPSA) is 34.4 Å². The van der Waals surface area contributed by atoms with Crippen molar-refractivity contribution in [2.45, 2.75) is 13.5 Å². The molecule has 0 bridgehead atoms. The fourth-order valence-corrected chi connectivity index (χ4v) is 1.20. The van der Waals surface area contributed by atoms with Gasteiger partial charge < -0.3 is 14.5 Å². The van der Waals surface area contributed by atoms with Gasteiger partial charge in [0, 0.05) is 32.4 Å². The van der Waals surface area contributed by atoms with Gasteiger partial charge in [-0.15, -0.1) is 0 Å². The molecule has 1 unspecified atom stereocenters. The highest BCUT2D eigenvalue weighted by molar-refractivity contribution is 5.04. The standard InChI is InChI=1S/C10H17NO2/c1-9(7-12-2)5-11-6-10-3-4-13-8-10/h3-4,8-9,11H,5-7H2,1-2H3. The fourth-order valence-electron chi connectivity index (χ4n) is 1.20. The molecule has 0 radical (unpaired) electrons. The zero-order chi connectivity index (χ0) is 9.52. The number of methoxy groups -OCH3 is 1. The second-order valence-electron chi connectivity index (χ2n) is 3.32. The third kappa shape index (κ3) is 4.10. The molecule has 1 heterocycles.